The van der Waals surface area contributed by atoms with Crippen molar-refractivity contribution in [3.8, 4) is 5.69 Å². The van der Waals surface area contributed by atoms with Crippen LogP contribution in [0.25, 0.3) is 5.69 Å². The van der Waals surface area contributed by atoms with Gasteiger partial charge < -0.3 is 10.6 Å². The topological polar surface area (TPSA) is 71.8 Å². The Balaban J connectivity index is 1.54. The number of carbonyl (C=O) groups excluding carboxylic acids is 1. The summed E-state index contributed by atoms with van der Waals surface area (Å²) < 4.78 is 1.79. The third kappa shape index (κ3) is 3.98. The molecule has 6 heteroatoms. The maximum absolute atomic E-state index is 12.3. The summed E-state index contributed by atoms with van der Waals surface area (Å²) in [5.74, 6) is -0.0901. The molecule has 3 aromatic rings. The molecule has 0 unspecified atom stereocenters. The number of carbonyl (C=O) groups is 1. The molecular weight excluding hydrogens is 302 g/mol. The van der Waals surface area contributed by atoms with E-state index in [1.165, 1.54) is 0 Å². The van der Waals surface area contributed by atoms with E-state index in [2.05, 4.69) is 20.8 Å². The smallest absolute Gasteiger partial charge is 0.251 e. The van der Waals surface area contributed by atoms with Gasteiger partial charge in [0.05, 0.1) is 0 Å². The minimum Gasteiger partial charge on any atom is -0.383 e. The minimum absolute atomic E-state index is 0.00947. The van der Waals surface area contributed by atoms with Crippen molar-refractivity contribution in [2.75, 3.05) is 11.9 Å². The average Bonchev–Trinajstić information content (AvgIpc) is 3.16. The first-order valence-corrected chi connectivity index (χ1v) is 7.77. The van der Waals surface area contributed by atoms with Crippen LogP contribution in [-0.4, -0.2) is 33.3 Å². The first-order valence-electron chi connectivity index (χ1n) is 7.77. The number of nitrogens with one attached hydrogen (secondary N) is 2. The van der Waals surface area contributed by atoms with Crippen molar-refractivity contribution in [3.05, 3.63) is 72.8 Å². The predicted molar refractivity (Wildman–Crippen MR) is 93.2 cm³/mol. The number of hydrogen-bond donors (Lipinski definition) is 2. The number of rotatable bonds is 6. The zero-order valence-electron chi connectivity index (χ0n) is 13.4. The van der Waals surface area contributed by atoms with Crippen molar-refractivity contribution in [2.24, 2.45) is 0 Å². The second-order valence-electron chi connectivity index (χ2n) is 5.54. The molecule has 3 rings (SSSR count). The monoisotopic (exact) mass is 321 g/mol. The number of hydrogen-bond acceptors (Lipinski definition) is 4. The number of benzene rings is 2. The van der Waals surface area contributed by atoms with Crippen LogP contribution >= 0.6 is 0 Å². The van der Waals surface area contributed by atoms with Gasteiger partial charge in [0.15, 0.2) is 0 Å². The third-order valence-corrected chi connectivity index (χ3v) is 3.61. The lowest BCUT2D eigenvalue weighted by atomic mass is 10.2. The van der Waals surface area contributed by atoms with E-state index in [9.17, 15) is 4.79 Å². The van der Waals surface area contributed by atoms with E-state index in [-0.39, 0.29) is 11.9 Å². The van der Waals surface area contributed by atoms with Crippen LogP contribution in [0.1, 0.15) is 17.3 Å². The summed E-state index contributed by atoms with van der Waals surface area (Å²) in [6, 6.07) is 17.2. The van der Waals surface area contributed by atoms with Crippen LogP contribution in [0.2, 0.25) is 0 Å². The number of nitrogens with zero attached hydrogens (tertiary/aromatic N) is 3. The van der Waals surface area contributed by atoms with Crippen molar-refractivity contribution in [1.29, 1.82) is 0 Å². The quantitative estimate of drug-likeness (QED) is 0.732. The van der Waals surface area contributed by atoms with Crippen LogP contribution in [-0.2, 0) is 0 Å². The summed E-state index contributed by atoms with van der Waals surface area (Å²) in [4.78, 5) is 12.3. The third-order valence-electron chi connectivity index (χ3n) is 3.61. The van der Waals surface area contributed by atoms with Crippen LogP contribution < -0.4 is 10.6 Å². The molecule has 0 radical (unpaired) electrons. The lowest BCUT2D eigenvalue weighted by Gasteiger charge is -2.15. The number of para-hydroxylation sites is 1. The van der Waals surface area contributed by atoms with E-state index >= 15 is 0 Å². The van der Waals surface area contributed by atoms with Crippen LogP contribution in [0, 0.1) is 0 Å². The first kappa shape index (κ1) is 15.7. The molecule has 0 spiro atoms. The molecule has 0 saturated carbocycles. The maximum atomic E-state index is 12.3. The minimum atomic E-state index is -0.0901. The molecule has 1 amide bonds. The van der Waals surface area contributed by atoms with Crippen molar-refractivity contribution >= 4 is 11.6 Å². The van der Waals surface area contributed by atoms with Crippen molar-refractivity contribution in [3.63, 3.8) is 0 Å². The van der Waals surface area contributed by atoms with Gasteiger partial charge >= 0.3 is 0 Å². The fraction of sp³-hybridized carbons (Fsp3) is 0.167. The maximum Gasteiger partial charge on any atom is 0.251 e. The molecule has 2 aromatic carbocycles. The Morgan fingerprint density at radius 2 is 1.71 bits per heavy atom. The van der Waals surface area contributed by atoms with Gasteiger partial charge in [-0.2, -0.15) is 0 Å². The van der Waals surface area contributed by atoms with Gasteiger partial charge in [-0.15, -0.1) is 10.2 Å². The summed E-state index contributed by atoms with van der Waals surface area (Å²) in [6.07, 6.45) is 3.23. The summed E-state index contributed by atoms with van der Waals surface area (Å²) in [7, 11) is 0. The molecule has 1 heterocycles. The SMILES string of the molecule is C[C@H](CNc1ccccc1)NC(=O)c1ccc(-n2cnnc2)cc1. The van der Waals surface area contributed by atoms with Crippen LogP contribution in [0.15, 0.2) is 67.3 Å². The Bertz CT molecular complexity index is 769. The Kier molecular flexibility index (Phi) is 4.86. The van der Waals surface area contributed by atoms with E-state index in [1.807, 2.05) is 49.4 Å². The zero-order chi connectivity index (χ0) is 16.8. The van der Waals surface area contributed by atoms with Crippen molar-refractivity contribution in [2.45, 2.75) is 13.0 Å². The van der Waals surface area contributed by atoms with Gasteiger partial charge in [-0.05, 0) is 43.3 Å². The number of amides is 1. The highest BCUT2D eigenvalue weighted by molar-refractivity contribution is 5.94. The number of anilines is 1. The molecule has 0 aliphatic heterocycles. The van der Waals surface area contributed by atoms with E-state index in [0.29, 0.717) is 12.1 Å². The van der Waals surface area contributed by atoms with E-state index in [0.717, 1.165) is 11.4 Å². The van der Waals surface area contributed by atoms with Crippen LogP contribution in [0.3, 0.4) is 0 Å². The number of aromatic nitrogens is 3. The molecule has 0 aliphatic carbocycles. The second-order valence-corrected chi connectivity index (χ2v) is 5.54. The lowest BCUT2D eigenvalue weighted by molar-refractivity contribution is 0.0942. The van der Waals surface area contributed by atoms with Gasteiger partial charge in [0.1, 0.15) is 12.7 Å². The first-order chi connectivity index (χ1) is 11.7. The van der Waals surface area contributed by atoms with Gasteiger partial charge in [0.2, 0.25) is 0 Å². The summed E-state index contributed by atoms with van der Waals surface area (Å²) >= 11 is 0. The summed E-state index contributed by atoms with van der Waals surface area (Å²) in [5.41, 5.74) is 2.57. The Labute approximate surface area is 140 Å². The normalized spacial score (nSPS) is 11.7. The van der Waals surface area contributed by atoms with Gasteiger partial charge in [-0.25, -0.2) is 0 Å². The molecule has 0 aliphatic rings. The molecule has 24 heavy (non-hydrogen) atoms. The molecule has 1 atom stereocenters. The van der Waals surface area contributed by atoms with Crippen LogP contribution in [0.5, 0.6) is 0 Å². The van der Waals surface area contributed by atoms with Gasteiger partial charge in [0, 0.05) is 29.5 Å². The molecule has 0 saturated heterocycles. The molecule has 1 aromatic heterocycles. The molecule has 0 bridgehead atoms. The molecular formula is C18H19N5O. The van der Waals surface area contributed by atoms with Crippen molar-refractivity contribution in [1.82, 2.24) is 20.1 Å². The molecule has 0 fully saturated rings. The van der Waals surface area contributed by atoms with Crippen molar-refractivity contribution < 1.29 is 4.79 Å². The molecule has 122 valence electrons. The van der Waals surface area contributed by atoms with E-state index < -0.39 is 0 Å². The summed E-state index contributed by atoms with van der Waals surface area (Å²) in [6.45, 7) is 2.63. The zero-order valence-corrected chi connectivity index (χ0v) is 13.4. The Morgan fingerprint density at radius 3 is 2.38 bits per heavy atom. The lowest BCUT2D eigenvalue weighted by Crippen LogP contribution is -2.37. The van der Waals surface area contributed by atoms with E-state index in [1.54, 1.807) is 29.4 Å². The van der Waals surface area contributed by atoms with Gasteiger partial charge in [-0.3, -0.25) is 9.36 Å². The Hall–Kier alpha value is -3.15. The highest BCUT2D eigenvalue weighted by atomic mass is 16.1. The fourth-order valence-corrected chi connectivity index (χ4v) is 2.30. The average molecular weight is 321 g/mol. The van der Waals surface area contributed by atoms with Gasteiger partial charge in [0.25, 0.3) is 5.91 Å². The second kappa shape index (κ2) is 7.41. The largest absolute Gasteiger partial charge is 0.383 e. The summed E-state index contributed by atoms with van der Waals surface area (Å²) in [5, 5.41) is 13.8. The highest BCUT2D eigenvalue weighted by Crippen LogP contribution is 2.09. The molecule has 2 N–H and O–H groups in total. The standard InChI is InChI=1S/C18H19N5O/c1-14(11-19-16-5-3-2-4-6-16)22-18(24)15-7-9-17(10-8-15)23-12-20-21-13-23/h2-10,12-14,19H,11H2,1H3,(H,22,24)/t14-/m1/s1. The fourth-order valence-electron chi connectivity index (χ4n) is 2.30. The van der Waals surface area contributed by atoms with Gasteiger partial charge in [-0.1, -0.05) is 18.2 Å². The predicted octanol–water partition coefficient (Wildman–Crippen LogP) is 2.50. The molecule has 6 nitrogen and oxygen atoms in total. The highest BCUT2D eigenvalue weighted by Gasteiger charge is 2.10. The Morgan fingerprint density at radius 1 is 1.04 bits per heavy atom. The van der Waals surface area contributed by atoms with Crippen LogP contribution in [0.4, 0.5) is 5.69 Å². The van der Waals surface area contributed by atoms with E-state index in [4.69, 9.17) is 0 Å².